The van der Waals surface area contributed by atoms with E-state index in [0.29, 0.717) is 0 Å². The van der Waals surface area contributed by atoms with E-state index in [2.05, 4.69) is 0 Å². The van der Waals surface area contributed by atoms with Gasteiger partial charge in [-0.1, -0.05) is 126 Å². The number of aromatic nitrogens is 2. The van der Waals surface area contributed by atoms with Crippen molar-refractivity contribution in [2.75, 3.05) is 6.61 Å². The van der Waals surface area contributed by atoms with Gasteiger partial charge in [0.25, 0.3) is 5.56 Å². The van der Waals surface area contributed by atoms with E-state index in [-0.39, 0.29) is 13.0 Å². The lowest BCUT2D eigenvalue weighted by molar-refractivity contribution is -0.0945. The second-order valence-electron chi connectivity index (χ2n) is 8.91. The van der Waals surface area contributed by atoms with Gasteiger partial charge < -0.3 is 14.6 Å². The molecule has 0 spiro atoms. The fraction of sp³-hybridized carbons (Fsp3) is 0.241. The second-order valence-corrected chi connectivity index (χ2v) is 10.9. The molecule has 3 unspecified atom stereocenters. The Morgan fingerprint density at radius 1 is 0.925 bits per heavy atom. The summed E-state index contributed by atoms with van der Waals surface area (Å²) in [5.74, 6) is -1.11. The Labute approximate surface area is 244 Å². The number of rotatable bonds is 7. The molecule has 1 aliphatic heterocycles. The van der Waals surface area contributed by atoms with E-state index in [1.807, 2.05) is 96.0 Å². The standard InChI is InChI=1S/C28H25FN2O5.CHCl3/c29-22-17-31(27(34)30-26(22)33)25-16-23(32)24(36-25)18-35-28(19-10-4-1-5-11-19,20-12-6-2-7-13-20)21-14-8-3-9-15-21;2-1(3)4/h1-15,17,23-25,32H,16,18H2,(H,30,33,34);1H. The highest BCUT2D eigenvalue weighted by atomic mass is 35.6. The number of benzene rings is 3. The number of hydrogen-bond acceptors (Lipinski definition) is 5. The predicted octanol–water partition coefficient (Wildman–Crippen LogP) is 5.32. The van der Waals surface area contributed by atoms with Gasteiger partial charge in [-0.15, -0.1) is 0 Å². The van der Waals surface area contributed by atoms with E-state index in [1.165, 1.54) is 0 Å². The van der Waals surface area contributed by atoms with Gasteiger partial charge in [0.1, 0.15) is 17.9 Å². The molecule has 7 nitrogen and oxygen atoms in total. The summed E-state index contributed by atoms with van der Waals surface area (Å²) in [6.07, 6.45) is -1.89. The minimum atomic E-state index is -1.11. The molecule has 3 atom stereocenters. The highest BCUT2D eigenvalue weighted by molar-refractivity contribution is 6.63. The van der Waals surface area contributed by atoms with E-state index in [9.17, 15) is 19.1 Å². The first-order valence-electron chi connectivity index (χ1n) is 12.3. The zero-order valence-electron chi connectivity index (χ0n) is 21.0. The number of nitrogens with zero attached hydrogens (tertiary/aromatic N) is 1. The van der Waals surface area contributed by atoms with Crippen molar-refractivity contribution in [2.24, 2.45) is 0 Å². The fourth-order valence-electron chi connectivity index (χ4n) is 4.69. The van der Waals surface area contributed by atoms with Crippen molar-refractivity contribution >= 4 is 34.8 Å². The van der Waals surface area contributed by atoms with Crippen LogP contribution in [0.1, 0.15) is 29.3 Å². The first-order chi connectivity index (χ1) is 19.2. The predicted molar refractivity (Wildman–Crippen MR) is 152 cm³/mol. The van der Waals surface area contributed by atoms with Crippen LogP contribution in [-0.2, 0) is 15.1 Å². The zero-order chi connectivity index (χ0) is 28.7. The van der Waals surface area contributed by atoms with Crippen molar-refractivity contribution in [3.05, 3.63) is 141 Å². The van der Waals surface area contributed by atoms with E-state index >= 15 is 0 Å². The summed E-state index contributed by atoms with van der Waals surface area (Å²) in [7, 11) is 0. The molecule has 0 aliphatic carbocycles. The molecule has 3 aromatic carbocycles. The number of nitrogens with one attached hydrogen (secondary N) is 1. The van der Waals surface area contributed by atoms with E-state index in [0.717, 1.165) is 27.5 Å². The molecule has 0 radical (unpaired) electrons. The van der Waals surface area contributed by atoms with Crippen molar-refractivity contribution < 1.29 is 19.0 Å². The monoisotopic (exact) mass is 606 g/mol. The molecule has 1 saturated heterocycles. The van der Waals surface area contributed by atoms with Crippen molar-refractivity contribution in [3.63, 3.8) is 0 Å². The molecule has 40 heavy (non-hydrogen) atoms. The lowest BCUT2D eigenvalue weighted by Gasteiger charge is -2.37. The summed E-state index contributed by atoms with van der Waals surface area (Å²) in [6, 6.07) is 29.3. The van der Waals surface area contributed by atoms with Gasteiger partial charge in [0.15, 0.2) is 4.30 Å². The van der Waals surface area contributed by atoms with Gasteiger partial charge in [-0.3, -0.25) is 14.3 Å². The summed E-state index contributed by atoms with van der Waals surface area (Å²) >= 11 is 14.4. The van der Waals surface area contributed by atoms with Crippen LogP contribution in [0, 0.1) is 5.82 Å². The lowest BCUT2D eigenvalue weighted by Crippen LogP contribution is -2.38. The van der Waals surface area contributed by atoms with Crippen LogP contribution >= 0.6 is 34.8 Å². The Hall–Kier alpha value is -2.98. The summed E-state index contributed by atoms with van der Waals surface area (Å²) in [5, 5.41) is 10.8. The van der Waals surface area contributed by atoms with Crippen molar-refractivity contribution in [1.82, 2.24) is 9.55 Å². The molecule has 4 aromatic rings. The Morgan fingerprint density at radius 3 is 1.82 bits per heavy atom. The lowest BCUT2D eigenvalue weighted by atomic mass is 9.80. The third-order valence-electron chi connectivity index (χ3n) is 6.44. The number of aliphatic hydroxyl groups excluding tert-OH is 1. The summed E-state index contributed by atoms with van der Waals surface area (Å²) < 4.78 is 26.7. The molecular weight excluding hydrogens is 582 g/mol. The first-order valence-corrected chi connectivity index (χ1v) is 13.6. The smallest absolute Gasteiger partial charge is 0.330 e. The highest BCUT2D eigenvalue weighted by Crippen LogP contribution is 2.41. The van der Waals surface area contributed by atoms with Crippen molar-refractivity contribution in [1.29, 1.82) is 0 Å². The molecule has 0 saturated carbocycles. The summed E-state index contributed by atoms with van der Waals surface area (Å²) in [6.45, 7) is -0.0169. The van der Waals surface area contributed by atoms with Gasteiger partial charge in [0.05, 0.1) is 18.9 Å². The molecule has 0 amide bonds. The normalized spacial score (nSPS) is 18.8. The number of alkyl halides is 3. The maximum Gasteiger partial charge on any atom is 0.330 e. The van der Waals surface area contributed by atoms with Crippen molar-refractivity contribution in [3.8, 4) is 0 Å². The van der Waals surface area contributed by atoms with E-state index < -0.39 is 45.4 Å². The third-order valence-corrected chi connectivity index (χ3v) is 6.44. The Kier molecular flexibility index (Phi) is 10.2. The zero-order valence-corrected chi connectivity index (χ0v) is 23.3. The van der Waals surface area contributed by atoms with Crippen LogP contribution in [0.15, 0.2) is 107 Å². The van der Waals surface area contributed by atoms with Gasteiger partial charge in [0, 0.05) is 6.42 Å². The SMILES string of the molecule is ClC(Cl)Cl.O=c1[nH]c(=O)n(C2CC(O)C(COC(c3ccccc3)(c3ccccc3)c3ccccc3)O2)cc1F. The van der Waals surface area contributed by atoms with Crippen LogP contribution in [0.5, 0.6) is 0 Å². The Balaban J connectivity index is 0.000000867. The molecule has 210 valence electrons. The number of aromatic amines is 1. The topological polar surface area (TPSA) is 93.6 Å². The van der Waals surface area contributed by atoms with Crippen molar-refractivity contribution in [2.45, 2.75) is 34.8 Å². The van der Waals surface area contributed by atoms with Gasteiger partial charge in [-0.25, -0.2) is 4.79 Å². The minimum absolute atomic E-state index is 0.0169. The summed E-state index contributed by atoms with van der Waals surface area (Å²) in [5.41, 5.74) is -0.243. The number of ether oxygens (including phenoxy) is 2. The van der Waals surface area contributed by atoms with Gasteiger partial charge in [-0.05, 0) is 16.7 Å². The van der Waals surface area contributed by atoms with E-state index in [4.69, 9.17) is 44.3 Å². The third kappa shape index (κ3) is 6.83. The van der Waals surface area contributed by atoms with Gasteiger partial charge in [-0.2, -0.15) is 4.39 Å². The first kappa shape index (κ1) is 30.0. The van der Waals surface area contributed by atoms with Crippen LogP contribution in [-0.4, -0.2) is 37.8 Å². The molecule has 1 aliphatic rings. The quantitative estimate of drug-likeness (QED) is 0.219. The molecule has 2 heterocycles. The molecule has 1 aromatic heterocycles. The van der Waals surface area contributed by atoms with Crippen LogP contribution < -0.4 is 11.2 Å². The highest BCUT2D eigenvalue weighted by Gasteiger charge is 2.42. The molecule has 0 bridgehead atoms. The largest absolute Gasteiger partial charge is 0.390 e. The van der Waals surface area contributed by atoms with Crippen LogP contribution in [0.25, 0.3) is 0 Å². The average molecular weight is 608 g/mol. The number of hydrogen-bond donors (Lipinski definition) is 2. The average Bonchev–Trinajstić information content (AvgIpc) is 3.32. The summed E-state index contributed by atoms with van der Waals surface area (Å²) in [4.78, 5) is 25.5. The van der Waals surface area contributed by atoms with E-state index in [1.54, 1.807) is 0 Å². The van der Waals surface area contributed by atoms with Crippen LogP contribution in [0.2, 0.25) is 0 Å². The Morgan fingerprint density at radius 2 is 1.38 bits per heavy atom. The maximum atomic E-state index is 13.8. The second kappa shape index (κ2) is 13.6. The van der Waals surface area contributed by atoms with Crippen LogP contribution in [0.4, 0.5) is 4.39 Å². The van der Waals surface area contributed by atoms with Gasteiger partial charge >= 0.3 is 5.69 Å². The molecule has 1 fully saturated rings. The molecule has 2 N–H and O–H groups in total. The number of halogens is 4. The molecule has 5 rings (SSSR count). The molecule has 11 heteroatoms. The Bertz CT molecular complexity index is 1390. The molecular formula is C29H26Cl3FN2O5. The number of H-pyrrole nitrogens is 1. The van der Waals surface area contributed by atoms with Gasteiger partial charge in [0.2, 0.25) is 5.82 Å². The fourth-order valence-corrected chi connectivity index (χ4v) is 4.69. The number of aliphatic hydroxyl groups is 1. The maximum absolute atomic E-state index is 13.8. The minimum Gasteiger partial charge on any atom is -0.390 e. The van der Waals surface area contributed by atoms with Crippen LogP contribution in [0.3, 0.4) is 0 Å².